The molecule has 218 valence electrons. The maximum Gasteiger partial charge on any atom is 0.308 e. The van der Waals surface area contributed by atoms with Crippen molar-refractivity contribution >= 4 is 23.0 Å². The molecule has 2 fully saturated rings. The van der Waals surface area contributed by atoms with Crippen molar-refractivity contribution in [2.24, 2.45) is 11.8 Å². The molecule has 43 heavy (non-hydrogen) atoms. The van der Waals surface area contributed by atoms with Gasteiger partial charge in [0.25, 0.3) is 0 Å². The summed E-state index contributed by atoms with van der Waals surface area (Å²) in [5, 5.41) is 0. The predicted molar refractivity (Wildman–Crippen MR) is 169 cm³/mol. The Hall–Kier alpha value is -4.56. The quantitative estimate of drug-likeness (QED) is 0.235. The molecular formula is C35H36N6O2. The molecule has 1 saturated heterocycles. The summed E-state index contributed by atoms with van der Waals surface area (Å²) in [7, 11) is 1.49. The highest BCUT2D eigenvalue weighted by atomic mass is 16.5. The lowest BCUT2D eigenvalue weighted by Crippen LogP contribution is -2.47. The van der Waals surface area contributed by atoms with Gasteiger partial charge >= 0.3 is 5.97 Å². The summed E-state index contributed by atoms with van der Waals surface area (Å²) in [4.78, 5) is 28.8. The third-order valence-corrected chi connectivity index (χ3v) is 9.13. The van der Waals surface area contributed by atoms with Gasteiger partial charge in [-0.05, 0) is 73.6 Å². The number of carbonyl (C=O) groups is 1. The van der Waals surface area contributed by atoms with Gasteiger partial charge in [-0.1, -0.05) is 42.5 Å². The predicted octanol–water partition coefficient (Wildman–Crippen LogP) is 6.11. The Bertz CT molecular complexity index is 1740. The van der Waals surface area contributed by atoms with Crippen molar-refractivity contribution in [1.82, 2.24) is 24.4 Å². The van der Waals surface area contributed by atoms with Crippen LogP contribution in [-0.2, 0) is 9.53 Å². The van der Waals surface area contributed by atoms with Gasteiger partial charge in [-0.25, -0.2) is 15.0 Å². The molecular weight excluding hydrogens is 536 g/mol. The number of rotatable bonds is 7. The maximum atomic E-state index is 11.9. The van der Waals surface area contributed by atoms with Gasteiger partial charge in [0.2, 0.25) is 0 Å². The van der Waals surface area contributed by atoms with Crippen molar-refractivity contribution in [1.29, 1.82) is 0 Å². The standard InChI is InChI=1S/C35H36N6O2/c1-43-35(42)26-11-9-23(10-12-26)20-40-21-27(22-40)24-13-15-28(16-14-24)41-33(29-8-5-19-37-32(29)36)39-31-18-17-30(38-34(31)41)25-6-3-2-4-7-25/h2-8,13-19,23,26-27H,9-12,20-22H2,1H3,(H2,36,37). The van der Waals surface area contributed by atoms with Crippen molar-refractivity contribution in [2.45, 2.75) is 31.6 Å². The molecule has 0 amide bonds. The zero-order valence-corrected chi connectivity index (χ0v) is 24.4. The summed E-state index contributed by atoms with van der Waals surface area (Å²) in [6.07, 6.45) is 5.82. The van der Waals surface area contributed by atoms with E-state index in [9.17, 15) is 4.79 Å². The highest BCUT2D eigenvalue weighted by Gasteiger charge is 2.33. The Labute approximate surface area is 251 Å². The van der Waals surface area contributed by atoms with E-state index in [1.54, 1.807) is 6.20 Å². The average Bonchev–Trinajstić information content (AvgIpc) is 3.42. The van der Waals surface area contributed by atoms with E-state index in [1.165, 1.54) is 12.7 Å². The lowest BCUT2D eigenvalue weighted by Gasteiger charge is -2.42. The number of fused-ring (bicyclic) bond motifs is 1. The molecule has 1 aliphatic carbocycles. The van der Waals surface area contributed by atoms with Crippen LogP contribution in [0.4, 0.5) is 5.82 Å². The summed E-state index contributed by atoms with van der Waals surface area (Å²) in [6.45, 7) is 3.27. The van der Waals surface area contributed by atoms with Gasteiger partial charge in [0, 0.05) is 43.0 Å². The number of benzene rings is 2. The van der Waals surface area contributed by atoms with E-state index in [2.05, 4.69) is 50.8 Å². The Morgan fingerprint density at radius 2 is 1.67 bits per heavy atom. The van der Waals surface area contributed by atoms with Crippen LogP contribution in [0.25, 0.3) is 39.5 Å². The van der Waals surface area contributed by atoms with Crippen LogP contribution in [0, 0.1) is 11.8 Å². The number of esters is 1. The normalized spacial score (nSPS) is 19.3. The zero-order valence-electron chi connectivity index (χ0n) is 24.4. The molecule has 8 nitrogen and oxygen atoms in total. The molecule has 3 aromatic heterocycles. The minimum atomic E-state index is -0.0435. The number of pyridine rings is 2. The number of carbonyl (C=O) groups excluding carboxylic acids is 1. The van der Waals surface area contributed by atoms with Crippen LogP contribution in [-0.4, -0.2) is 57.1 Å². The average molecular weight is 573 g/mol. The number of hydrogen-bond donors (Lipinski definition) is 1. The largest absolute Gasteiger partial charge is 0.469 e. The fraction of sp³-hybridized carbons (Fsp3) is 0.314. The molecule has 1 saturated carbocycles. The molecule has 0 atom stereocenters. The van der Waals surface area contributed by atoms with Crippen LogP contribution in [0.1, 0.15) is 37.2 Å². The number of anilines is 1. The molecule has 8 heteroatoms. The van der Waals surface area contributed by atoms with Crippen LogP contribution in [0.5, 0.6) is 0 Å². The number of hydrogen-bond acceptors (Lipinski definition) is 7. The van der Waals surface area contributed by atoms with E-state index in [1.807, 2.05) is 42.5 Å². The molecule has 2 aromatic carbocycles. The Morgan fingerprint density at radius 1 is 0.907 bits per heavy atom. The third-order valence-electron chi connectivity index (χ3n) is 9.13. The van der Waals surface area contributed by atoms with E-state index in [-0.39, 0.29) is 11.9 Å². The van der Waals surface area contributed by atoms with Crippen LogP contribution in [0.15, 0.2) is 85.1 Å². The zero-order chi connectivity index (χ0) is 29.3. The van der Waals surface area contributed by atoms with E-state index >= 15 is 0 Å². The van der Waals surface area contributed by atoms with Gasteiger partial charge in [-0.2, -0.15) is 0 Å². The third kappa shape index (κ3) is 5.39. The van der Waals surface area contributed by atoms with Gasteiger partial charge in [0.15, 0.2) is 11.5 Å². The number of nitrogens with zero attached hydrogens (tertiary/aromatic N) is 5. The molecule has 5 aromatic rings. The van der Waals surface area contributed by atoms with Gasteiger partial charge in [-0.3, -0.25) is 9.36 Å². The van der Waals surface area contributed by atoms with E-state index in [0.717, 1.165) is 84.8 Å². The van der Waals surface area contributed by atoms with Gasteiger partial charge < -0.3 is 15.4 Å². The lowest BCUT2D eigenvalue weighted by atomic mass is 9.80. The summed E-state index contributed by atoms with van der Waals surface area (Å²) < 4.78 is 7.04. The molecule has 4 heterocycles. The SMILES string of the molecule is COC(=O)C1CCC(CN2CC(c3ccc(-n4c(-c5cccnc5N)nc5ccc(-c6ccccc6)nc54)cc3)C2)CC1. The second-order valence-corrected chi connectivity index (χ2v) is 11.9. The first kappa shape index (κ1) is 27.3. The summed E-state index contributed by atoms with van der Waals surface area (Å²) in [5.41, 5.74) is 13.0. The highest BCUT2D eigenvalue weighted by Crippen LogP contribution is 2.35. The number of aromatic nitrogens is 4. The van der Waals surface area contributed by atoms with E-state index in [4.69, 9.17) is 20.4 Å². The fourth-order valence-corrected chi connectivity index (χ4v) is 6.70. The summed E-state index contributed by atoms with van der Waals surface area (Å²) in [5.74, 6) is 2.40. The molecule has 7 rings (SSSR count). The smallest absolute Gasteiger partial charge is 0.308 e. The van der Waals surface area contributed by atoms with Crippen molar-refractivity contribution < 1.29 is 9.53 Å². The van der Waals surface area contributed by atoms with E-state index < -0.39 is 0 Å². The second-order valence-electron chi connectivity index (χ2n) is 11.9. The monoisotopic (exact) mass is 572 g/mol. The molecule has 0 radical (unpaired) electrons. The molecule has 2 aliphatic rings. The van der Waals surface area contributed by atoms with Gasteiger partial charge in [-0.15, -0.1) is 0 Å². The lowest BCUT2D eigenvalue weighted by molar-refractivity contribution is -0.146. The molecule has 1 aliphatic heterocycles. The first-order valence-corrected chi connectivity index (χ1v) is 15.1. The topological polar surface area (TPSA) is 99.2 Å². The van der Waals surface area contributed by atoms with Crippen molar-refractivity contribution in [3.8, 4) is 28.3 Å². The van der Waals surface area contributed by atoms with Crippen molar-refractivity contribution in [3.63, 3.8) is 0 Å². The number of nitrogen functional groups attached to an aromatic ring is 1. The summed E-state index contributed by atoms with van der Waals surface area (Å²) in [6, 6.07) is 26.9. The molecule has 2 N–H and O–H groups in total. The van der Waals surface area contributed by atoms with E-state index in [0.29, 0.717) is 17.7 Å². The van der Waals surface area contributed by atoms with Crippen LogP contribution in [0.3, 0.4) is 0 Å². The van der Waals surface area contributed by atoms with Crippen LogP contribution >= 0.6 is 0 Å². The fourth-order valence-electron chi connectivity index (χ4n) is 6.70. The number of ether oxygens (including phenoxy) is 1. The maximum absolute atomic E-state index is 11.9. The van der Waals surface area contributed by atoms with Crippen molar-refractivity contribution in [3.05, 3.63) is 90.6 Å². The minimum absolute atomic E-state index is 0.0435. The second kappa shape index (κ2) is 11.6. The Kier molecular flexibility index (Phi) is 7.37. The van der Waals surface area contributed by atoms with Crippen molar-refractivity contribution in [2.75, 3.05) is 32.5 Å². The number of imidazole rings is 1. The number of methoxy groups -OCH3 is 1. The molecule has 0 bridgehead atoms. The Morgan fingerprint density at radius 3 is 2.40 bits per heavy atom. The number of nitrogens with two attached hydrogens (primary N) is 1. The minimum Gasteiger partial charge on any atom is -0.469 e. The molecule has 0 spiro atoms. The van der Waals surface area contributed by atoms with Gasteiger partial charge in [0.1, 0.15) is 11.3 Å². The first-order valence-electron chi connectivity index (χ1n) is 15.1. The van der Waals surface area contributed by atoms with Crippen LogP contribution in [0.2, 0.25) is 0 Å². The first-order chi connectivity index (χ1) is 21.1. The van der Waals surface area contributed by atoms with Crippen LogP contribution < -0.4 is 5.73 Å². The summed E-state index contributed by atoms with van der Waals surface area (Å²) >= 11 is 0. The Balaban J connectivity index is 1.12. The highest BCUT2D eigenvalue weighted by molar-refractivity contribution is 5.84. The van der Waals surface area contributed by atoms with Gasteiger partial charge in [0.05, 0.1) is 24.3 Å². The number of likely N-dealkylation sites (tertiary alicyclic amines) is 1. The molecule has 0 unspecified atom stereocenters.